The van der Waals surface area contributed by atoms with Gasteiger partial charge >= 0.3 is 0 Å². The van der Waals surface area contributed by atoms with Gasteiger partial charge in [-0.2, -0.15) is 0 Å². The van der Waals surface area contributed by atoms with E-state index >= 15 is 0 Å². The minimum atomic E-state index is -4.11. The number of carbonyl (C=O) groups is 2. The second-order valence-electron chi connectivity index (χ2n) is 10.1. The smallest absolute Gasteiger partial charge is 0.264 e. The molecule has 0 bridgehead atoms. The zero-order valence-electron chi connectivity index (χ0n) is 23.2. The molecule has 0 aliphatic carbocycles. The largest absolute Gasteiger partial charge is 0.352 e. The predicted molar refractivity (Wildman–Crippen MR) is 156 cm³/mol. The Morgan fingerprint density at radius 1 is 0.897 bits per heavy atom. The molecule has 0 saturated heterocycles. The number of carbonyl (C=O) groups excluding carboxylic acids is 2. The Balaban J connectivity index is 2.06. The van der Waals surface area contributed by atoms with E-state index in [1.165, 1.54) is 17.0 Å². The van der Waals surface area contributed by atoms with Crippen LogP contribution in [-0.2, 0) is 26.2 Å². The van der Waals surface area contributed by atoms with Crippen LogP contribution in [0.3, 0.4) is 0 Å². The molecule has 0 fully saturated rings. The molecule has 9 heteroatoms. The molecule has 1 N–H and O–H groups in total. The number of aryl methyl sites for hydroxylation is 3. The topological polar surface area (TPSA) is 86.8 Å². The van der Waals surface area contributed by atoms with Crippen molar-refractivity contribution in [1.29, 1.82) is 0 Å². The summed E-state index contributed by atoms with van der Waals surface area (Å²) in [6.07, 6.45) is 0. The van der Waals surface area contributed by atoms with Crippen molar-refractivity contribution >= 4 is 39.1 Å². The molecule has 0 radical (unpaired) electrons. The lowest BCUT2D eigenvalue weighted by atomic mass is 10.1. The number of sulfonamides is 1. The molecule has 2 amide bonds. The van der Waals surface area contributed by atoms with E-state index < -0.39 is 28.5 Å². The number of amides is 2. The maximum Gasteiger partial charge on any atom is 0.264 e. The van der Waals surface area contributed by atoms with Crippen molar-refractivity contribution in [3.05, 3.63) is 94.0 Å². The fraction of sp³-hybridized carbons (Fsp3) is 0.333. The summed E-state index contributed by atoms with van der Waals surface area (Å²) in [7, 11) is -4.11. The van der Waals surface area contributed by atoms with Gasteiger partial charge < -0.3 is 10.2 Å². The normalized spacial score (nSPS) is 12.2. The van der Waals surface area contributed by atoms with Crippen molar-refractivity contribution in [3.8, 4) is 0 Å². The second kappa shape index (κ2) is 12.7. The summed E-state index contributed by atoms with van der Waals surface area (Å²) in [6.45, 7) is 10.6. The molecule has 0 aliphatic rings. The number of anilines is 1. The van der Waals surface area contributed by atoms with Gasteiger partial charge in [0.1, 0.15) is 12.6 Å². The second-order valence-corrected chi connectivity index (χ2v) is 12.4. The maximum atomic E-state index is 13.9. The Hall–Kier alpha value is -3.36. The van der Waals surface area contributed by atoms with Crippen LogP contribution in [0.15, 0.2) is 71.6 Å². The standard InChI is InChI=1S/C30H36ClN3O4S/c1-20(2)32-30(36)24(6)33(18-25-8-7-9-26(31)17-25)29(35)19-34(27-13-12-22(4)23(5)16-27)39(37,38)28-14-10-21(3)11-15-28/h7-17,20,24H,18-19H2,1-6H3,(H,32,36)/t24-/m1/s1. The van der Waals surface area contributed by atoms with E-state index in [9.17, 15) is 18.0 Å². The van der Waals surface area contributed by atoms with Gasteiger partial charge in [0.25, 0.3) is 10.0 Å². The number of hydrogen-bond acceptors (Lipinski definition) is 4. The molecule has 0 aliphatic heterocycles. The highest BCUT2D eigenvalue weighted by atomic mass is 35.5. The van der Waals surface area contributed by atoms with Gasteiger partial charge in [-0.1, -0.05) is 47.5 Å². The summed E-state index contributed by atoms with van der Waals surface area (Å²) in [4.78, 5) is 28.4. The highest BCUT2D eigenvalue weighted by molar-refractivity contribution is 7.92. The van der Waals surface area contributed by atoms with E-state index in [-0.39, 0.29) is 23.4 Å². The molecule has 39 heavy (non-hydrogen) atoms. The van der Waals surface area contributed by atoms with E-state index in [4.69, 9.17) is 11.6 Å². The summed E-state index contributed by atoms with van der Waals surface area (Å²) in [5.41, 5.74) is 3.90. The molecule has 0 unspecified atom stereocenters. The first kappa shape index (κ1) is 30.2. The minimum Gasteiger partial charge on any atom is -0.352 e. The van der Waals surface area contributed by atoms with E-state index in [1.807, 2.05) is 46.8 Å². The quantitative estimate of drug-likeness (QED) is 0.354. The molecule has 7 nitrogen and oxygen atoms in total. The molecule has 0 heterocycles. The van der Waals surface area contributed by atoms with Crippen LogP contribution < -0.4 is 9.62 Å². The van der Waals surface area contributed by atoms with Crippen molar-refractivity contribution in [1.82, 2.24) is 10.2 Å². The zero-order valence-corrected chi connectivity index (χ0v) is 24.8. The zero-order chi connectivity index (χ0) is 28.9. The third-order valence-electron chi connectivity index (χ3n) is 6.51. The van der Waals surface area contributed by atoms with Crippen LogP contribution >= 0.6 is 11.6 Å². The number of halogens is 1. The Kier molecular flexibility index (Phi) is 9.80. The van der Waals surface area contributed by atoms with Crippen LogP contribution in [0, 0.1) is 20.8 Å². The summed E-state index contributed by atoms with van der Waals surface area (Å²) in [5.74, 6) is -0.852. The lowest BCUT2D eigenvalue weighted by Gasteiger charge is -2.32. The van der Waals surface area contributed by atoms with Gasteiger partial charge in [-0.15, -0.1) is 0 Å². The Bertz CT molecular complexity index is 1440. The first-order chi connectivity index (χ1) is 18.3. The van der Waals surface area contributed by atoms with Gasteiger partial charge in [0.15, 0.2) is 0 Å². The summed E-state index contributed by atoms with van der Waals surface area (Å²) in [6, 6.07) is 17.8. The number of rotatable bonds is 10. The Morgan fingerprint density at radius 2 is 1.56 bits per heavy atom. The third-order valence-corrected chi connectivity index (χ3v) is 8.53. The van der Waals surface area contributed by atoms with Gasteiger partial charge in [-0.25, -0.2) is 8.42 Å². The summed E-state index contributed by atoms with van der Waals surface area (Å²) < 4.78 is 28.9. The van der Waals surface area contributed by atoms with Crippen molar-refractivity contribution in [2.24, 2.45) is 0 Å². The van der Waals surface area contributed by atoms with E-state index in [1.54, 1.807) is 49.4 Å². The van der Waals surface area contributed by atoms with Gasteiger partial charge in [0.2, 0.25) is 11.8 Å². The molecular formula is C30H36ClN3O4S. The molecule has 208 valence electrons. The van der Waals surface area contributed by atoms with Crippen LogP contribution in [0.5, 0.6) is 0 Å². The lowest BCUT2D eigenvalue weighted by molar-refractivity contribution is -0.139. The third kappa shape index (κ3) is 7.61. The molecular weight excluding hydrogens is 534 g/mol. The molecule has 1 atom stereocenters. The highest BCUT2D eigenvalue weighted by Gasteiger charge is 2.32. The summed E-state index contributed by atoms with van der Waals surface area (Å²) >= 11 is 6.18. The highest BCUT2D eigenvalue weighted by Crippen LogP contribution is 2.27. The van der Waals surface area contributed by atoms with Gasteiger partial charge in [-0.05, 0) is 94.6 Å². The number of nitrogens with one attached hydrogen (secondary N) is 1. The minimum absolute atomic E-state index is 0.0751. The van der Waals surface area contributed by atoms with Crippen LogP contribution in [-0.4, -0.2) is 43.8 Å². The van der Waals surface area contributed by atoms with Gasteiger partial charge in [0, 0.05) is 17.6 Å². The number of nitrogens with zero attached hydrogens (tertiary/aromatic N) is 2. The first-order valence-corrected chi connectivity index (χ1v) is 14.6. The average Bonchev–Trinajstić information content (AvgIpc) is 2.87. The van der Waals surface area contributed by atoms with Crippen molar-refractivity contribution < 1.29 is 18.0 Å². The van der Waals surface area contributed by atoms with Gasteiger partial charge in [0.05, 0.1) is 10.6 Å². The first-order valence-electron chi connectivity index (χ1n) is 12.8. The Labute approximate surface area is 236 Å². The molecule has 3 rings (SSSR count). The van der Waals surface area contributed by atoms with Crippen LogP contribution in [0.4, 0.5) is 5.69 Å². The number of hydrogen-bond donors (Lipinski definition) is 1. The Morgan fingerprint density at radius 3 is 2.15 bits per heavy atom. The molecule has 0 spiro atoms. The van der Waals surface area contributed by atoms with E-state index in [0.29, 0.717) is 10.7 Å². The monoisotopic (exact) mass is 569 g/mol. The SMILES string of the molecule is Cc1ccc(S(=O)(=O)N(CC(=O)N(Cc2cccc(Cl)c2)[C@H](C)C(=O)NC(C)C)c2ccc(C)c(C)c2)cc1. The maximum absolute atomic E-state index is 13.9. The van der Waals surface area contributed by atoms with Crippen molar-refractivity contribution in [2.75, 3.05) is 10.8 Å². The lowest BCUT2D eigenvalue weighted by Crippen LogP contribution is -2.52. The predicted octanol–water partition coefficient (Wildman–Crippen LogP) is 5.40. The molecule has 0 aromatic heterocycles. The fourth-order valence-electron chi connectivity index (χ4n) is 4.07. The summed E-state index contributed by atoms with van der Waals surface area (Å²) in [5, 5.41) is 3.34. The molecule has 3 aromatic carbocycles. The number of benzene rings is 3. The van der Waals surface area contributed by atoms with E-state index in [2.05, 4.69) is 5.32 Å². The van der Waals surface area contributed by atoms with Crippen LogP contribution in [0.2, 0.25) is 5.02 Å². The fourth-order valence-corrected chi connectivity index (χ4v) is 5.69. The van der Waals surface area contributed by atoms with Crippen LogP contribution in [0.25, 0.3) is 0 Å². The average molecular weight is 570 g/mol. The molecule has 3 aromatic rings. The van der Waals surface area contributed by atoms with Crippen LogP contribution in [0.1, 0.15) is 43.0 Å². The van der Waals surface area contributed by atoms with E-state index in [0.717, 1.165) is 26.6 Å². The van der Waals surface area contributed by atoms with Crippen molar-refractivity contribution in [3.63, 3.8) is 0 Å². The van der Waals surface area contributed by atoms with Crippen molar-refractivity contribution in [2.45, 2.75) is 65.1 Å². The molecule has 0 saturated carbocycles. The van der Waals surface area contributed by atoms with Gasteiger partial charge in [-0.3, -0.25) is 13.9 Å².